The third-order valence-corrected chi connectivity index (χ3v) is 4.78. The average Bonchev–Trinajstić information content (AvgIpc) is 2.62. The number of nitro benzene ring substituents is 1. The number of para-hydroxylation sites is 1. The molecule has 0 N–H and O–H groups in total. The largest absolute Gasteiger partial charge is 0.378 e. The number of hydrogen-bond donors (Lipinski definition) is 0. The van der Waals surface area contributed by atoms with Crippen molar-refractivity contribution in [2.75, 3.05) is 32.8 Å². The van der Waals surface area contributed by atoms with E-state index in [4.69, 9.17) is 4.74 Å². The van der Waals surface area contributed by atoms with E-state index in [1.54, 1.807) is 12.1 Å². The molecule has 2 aliphatic rings. The third kappa shape index (κ3) is 3.73. The lowest BCUT2D eigenvalue weighted by atomic mass is 9.99. The zero-order valence-corrected chi connectivity index (χ0v) is 13.7. The van der Waals surface area contributed by atoms with Gasteiger partial charge in [-0.3, -0.25) is 19.8 Å². The molecule has 0 aromatic heterocycles. The number of benzene rings is 1. The van der Waals surface area contributed by atoms with Gasteiger partial charge in [0.25, 0.3) is 5.69 Å². The molecule has 2 aliphatic heterocycles. The van der Waals surface area contributed by atoms with Gasteiger partial charge in [0.2, 0.25) is 5.91 Å². The maximum Gasteiger partial charge on any atom is 0.273 e. The van der Waals surface area contributed by atoms with Gasteiger partial charge in [-0.2, -0.15) is 0 Å². The van der Waals surface area contributed by atoms with Crippen LogP contribution in [-0.4, -0.2) is 59.5 Å². The van der Waals surface area contributed by atoms with Crippen LogP contribution >= 0.6 is 0 Å². The Hall–Kier alpha value is -1.99. The summed E-state index contributed by atoms with van der Waals surface area (Å²) in [6, 6.07) is 6.61. The summed E-state index contributed by atoms with van der Waals surface area (Å²) in [6.07, 6.45) is 2.86. The number of rotatable bonds is 4. The number of ether oxygens (including phenoxy) is 1. The predicted octanol–water partition coefficient (Wildman–Crippen LogP) is 1.81. The zero-order valence-electron chi connectivity index (χ0n) is 13.7. The number of carbonyl (C=O) groups excluding carboxylic acids is 1. The van der Waals surface area contributed by atoms with E-state index in [0.717, 1.165) is 25.8 Å². The Bertz CT molecular complexity index is 601. The second kappa shape index (κ2) is 7.72. The fraction of sp³-hybridized carbons (Fsp3) is 0.588. The van der Waals surface area contributed by atoms with Crippen LogP contribution in [0.3, 0.4) is 0 Å². The van der Waals surface area contributed by atoms with E-state index in [1.165, 1.54) is 6.07 Å². The van der Waals surface area contributed by atoms with E-state index >= 15 is 0 Å². The third-order valence-electron chi connectivity index (χ3n) is 4.78. The summed E-state index contributed by atoms with van der Waals surface area (Å²) in [5.74, 6) is 0.136. The second-order valence-corrected chi connectivity index (χ2v) is 6.31. The Morgan fingerprint density at radius 1 is 1.21 bits per heavy atom. The molecular weight excluding hydrogens is 310 g/mol. The summed E-state index contributed by atoms with van der Waals surface area (Å²) >= 11 is 0. The molecule has 2 heterocycles. The van der Waals surface area contributed by atoms with Crippen molar-refractivity contribution in [3.05, 3.63) is 39.9 Å². The highest BCUT2D eigenvalue weighted by molar-refractivity contribution is 5.82. The molecule has 130 valence electrons. The first-order valence-electron chi connectivity index (χ1n) is 8.49. The fourth-order valence-electron chi connectivity index (χ4n) is 3.50. The summed E-state index contributed by atoms with van der Waals surface area (Å²) in [5.41, 5.74) is 0.796. The van der Waals surface area contributed by atoms with Gasteiger partial charge in [-0.1, -0.05) is 24.6 Å². The molecule has 1 atom stereocenters. The van der Waals surface area contributed by atoms with Crippen LogP contribution in [-0.2, 0) is 16.1 Å². The van der Waals surface area contributed by atoms with Crippen molar-refractivity contribution in [3.63, 3.8) is 0 Å². The fourth-order valence-corrected chi connectivity index (χ4v) is 3.50. The highest BCUT2D eigenvalue weighted by Gasteiger charge is 2.33. The predicted molar refractivity (Wildman–Crippen MR) is 88.5 cm³/mol. The Balaban J connectivity index is 1.75. The molecule has 1 aromatic carbocycles. The molecule has 2 fully saturated rings. The minimum absolute atomic E-state index is 0.126. The number of likely N-dealkylation sites (tertiary alicyclic amines) is 1. The van der Waals surface area contributed by atoms with E-state index in [-0.39, 0.29) is 22.6 Å². The highest BCUT2D eigenvalue weighted by Crippen LogP contribution is 2.25. The molecule has 1 unspecified atom stereocenters. The van der Waals surface area contributed by atoms with Crippen molar-refractivity contribution in [1.29, 1.82) is 0 Å². The monoisotopic (exact) mass is 333 g/mol. The molecule has 0 saturated carbocycles. The Morgan fingerprint density at radius 3 is 2.71 bits per heavy atom. The molecular formula is C17H23N3O4. The van der Waals surface area contributed by atoms with Gasteiger partial charge in [-0.05, 0) is 19.4 Å². The van der Waals surface area contributed by atoms with E-state index in [9.17, 15) is 14.9 Å². The van der Waals surface area contributed by atoms with Crippen LogP contribution in [0.1, 0.15) is 24.8 Å². The van der Waals surface area contributed by atoms with Gasteiger partial charge in [-0.25, -0.2) is 0 Å². The Labute approximate surface area is 141 Å². The van der Waals surface area contributed by atoms with Crippen molar-refractivity contribution >= 4 is 11.6 Å². The maximum atomic E-state index is 12.9. The van der Waals surface area contributed by atoms with Crippen LogP contribution < -0.4 is 0 Å². The van der Waals surface area contributed by atoms with Crippen LogP contribution in [0.15, 0.2) is 24.3 Å². The van der Waals surface area contributed by atoms with Crippen LogP contribution in [0, 0.1) is 10.1 Å². The molecule has 0 bridgehead atoms. The quantitative estimate of drug-likeness (QED) is 0.620. The highest BCUT2D eigenvalue weighted by atomic mass is 16.6. The first-order chi connectivity index (χ1) is 11.7. The van der Waals surface area contributed by atoms with Gasteiger partial charge in [0.1, 0.15) is 0 Å². The lowest BCUT2D eigenvalue weighted by Gasteiger charge is -2.38. The molecule has 0 aliphatic carbocycles. The normalized spacial score (nSPS) is 22.3. The van der Waals surface area contributed by atoms with E-state index in [2.05, 4.69) is 4.90 Å². The van der Waals surface area contributed by atoms with Gasteiger partial charge < -0.3 is 9.64 Å². The van der Waals surface area contributed by atoms with E-state index < -0.39 is 0 Å². The maximum absolute atomic E-state index is 12.9. The van der Waals surface area contributed by atoms with Crippen LogP contribution in [0.25, 0.3) is 0 Å². The van der Waals surface area contributed by atoms with Gasteiger partial charge >= 0.3 is 0 Å². The van der Waals surface area contributed by atoms with Gasteiger partial charge in [0, 0.05) is 31.3 Å². The molecule has 7 nitrogen and oxygen atoms in total. The number of hydrogen-bond acceptors (Lipinski definition) is 5. The van der Waals surface area contributed by atoms with E-state index in [0.29, 0.717) is 38.4 Å². The lowest BCUT2D eigenvalue weighted by molar-refractivity contribution is -0.385. The van der Waals surface area contributed by atoms with Crippen molar-refractivity contribution in [2.45, 2.75) is 31.8 Å². The molecule has 24 heavy (non-hydrogen) atoms. The molecule has 0 radical (unpaired) electrons. The van der Waals surface area contributed by atoms with Crippen molar-refractivity contribution in [3.8, 4) is 0 Å². The molecule has 0 spiro atoms. The zero-order chi connectivity index (χ0) is 16.9. The van der Waals surface area contributed by atoms with Crippen LogP contribution in [0.4, 0.5) is 5.69 Å². The number of nitro groups is 1. The van der Waals surface area contributed by atoms with Crippen molar-refractivity contribution < 1.29 is 14.5 Å². The Morgan fingerprint density at radius 2 is 1.96 bits per heavy atom. The van der Waals surface area contributed by atoms with Crippen LogP contribution in [0.2, 0.25) is 0 Å². The molecule has 1 aromatic rings. The number of morpholine rings is 1. The molecule has 2 saturated heterocycles. The first kappa shape index (κ1) is 16.9. The summed E-state index contributed by atoms with van der Waals surface area (Å²) in [6.45, 7) is 3.68. The second-order valence-electron chi connectivity index (χ2n) is 6.31. The van der Waals surface area contributed by atoms with Crippen LogP contribution in [0.5, 0.6) is 0 Å². The Kier molecular flexibility index (Phi) is 5.42. The van der Waals surface area contributed by atoms with Crippen molar-refractivity contribution in [2.24, 2.45) is 0 Å². The van der Waals surface area contributed by atoms with Gasteiger partial charge in [-0.15, -0.1) is 0 Å². The van der Waals surface area contributed by atoms with Gasteiger partial charge in [0.15, 0.2) is 0 Å². The van der Waals surface area contributed by atoms with Crippen molar-refractivity contribution in [1.82, 2.24) is 9.80 Å². The summed E-state index contributed by atoms with van der Waals surface area (Å²) < 4.78 is 5.32. The minimum Gasteiger partial charge on any atom is -0.378 e. The first-order valence-corrected chi connectivity index (χ1v) is 8.49. The summed E-state index contributed by atoms with van der Waals surface area (Å²) in [5, 5.41) is 11.2. The standard InChI is InChI=1S/C17H23N3O4/c21-17(18-9-11-24-12-10-18)16-7-3-4-8-19(16)13-14-5-1-2-6-15(14)20(22)23/h1-2,5-6,16H,3-4,7-13H2. The molecule has 1 amide bonds. The number of amides is 1. The average molecular weight is 333 g/mol. The smallest absolute Gasteiger partial charge is 0.273 e. The summed E-state index contributed by atoms with van der Waals surface area (Å²) in [4.78, 5) is 27.7. The number of piperidine rings is 1. The number of nitrogens with zero attached hydrogens (tertiary/aromatic N) is 3. The minimum atomic E-state index is -0.349. The SMILES string of the molecule is O=C(C1CCCCN1Cc1ccccc1[N+](=O)[O-])N1CCOCC1. The number of carbonyl (C=O) groups is 1. The summed E-state index contributed by atoms with van der Waals surface area (Å²) in [7, 11) is 0. The molecule has 7 heteroatoms. The molecule has 3 rings (SSSR count). The van der Waals surface area contributed by atoms with Gasteiger partial charge in [0.05, 0.1) is 24.2 Å². The topological polar surface area (TPSA) is 75.9 Å². The lowest BCUT2D eigenvalue weighted by Crippen LogP contribution is -2.53. The van der Waals surface area contributed by atoms with E-state index in [1.807, 2.05) is 11.0 Å².